The monoisotopic (exact) mass is 692 g/mol. The first-order valence-corrected chi connectivity index (χ1v) is 18.7. The fourth-order valence-corrected chi connectivity index (χ4v) is 9.79. The zero-order valence-electron chi connectivity index (χ0n) is 28.4. The molecule has 1 aliphatic rings. The minimum absolute atomic E-state index is 0.665. The van der Waals surface area contributed by atoms with Crippen molar-refractivity contribution in [2.24, 2.45) is 0 Å². The molecule has 0 N–H and O–H groups in total. The first kappa shape index (κ1) is 28.8. The van der Waals surface area contributed by atoms with Gasteiger partial charge in [0, 0.05) is 43.1 Å². The van der Waals surface area contributed by atoms with Crippen LogP contribution in [0.2, 0.25) is 0 Å². The summed E-state index contributed by atoms with van der Waals surface area (Å²) >= 11 is 1.77. The molecule has 0 radical (unpaired) electrons. The Morgan fingerprint density at radius 3 is 2.13 bits per heavy atom. The number of nitrogens with zero attached hydrogens (tertiary/aromatic N) is 4. The Kier molecular flexibility index (Phi) is 5.90. The molecule has 0 saturated carbocycles. The molecule has 53 heavy (non-hydrogen) atoms. The maximum Gasteiger partial charge on any atom is 0.235 e. The molecule has 5 heteroatoms. The molecule has 246 valence electrons. The summed E-state index contributed by atoms with van der Waals surface area (Å²) in [5.41, 5.74) is 11.1. The lowest BCUT2D eigenvalue weighted by atomic mass is 9.88. The van der Waals surface area contributed by atoms with Crippen molar-refractivity contribution < 1.29 is 0 Å². The summed E-state index contributed by atoms with van der Waals surface area (Å²) < 4.78 is 4.67. The largest absolute Gasteiger partial charge is 0.309 e. The lowest BCUT2D eigenvalue weighted by molar-refractivity contribution is 1.12. The van der Waals surface area contributed by atoms with E-state index in [2.05, 4.69) is 179 Å². The molecule has 1 aliphatic heterocycles. The van der Waals surface area contributed by atoms with E-state index in [1.807, 2.05) is 0 Å². The topological polar surface area (TPSA) is 34.0 Å². The molecule has 4 heterocycles. The van der Waals surface area contributed by atoms with Gasteiger partial charge in [0.15, 0.2) is 0 Å². The summed E-state index contributed by atoms with van der Waals surface area (Å²) in [4.78, 5) is 13.4. The molecule has 3 aromatic heterocycles. The standard InChI is InChI=1S/C48H28N4S/c1-2-15-32(16-3-1)51-38-21-8-6-18-34(38)35-26-24-31(28-41(35)51)45-47-46(36-19-7-9-23-42(36)53-47)50-48(49-45)52-39-22-11-14-30-13-10-20-37(43(30)39)44-33-17-5-4-12-29(33)25-27-40(44)52/h1-28H. The Morgan fingerprint density at radius 1 is 0.491 bits per heavy atom. The summed E-state index contributed by atoms with van der Waals surface area (Å²) in [6, 6.07) is 61.2. The molecule has 0 atom stereocenters. The van der Waals surface area contributed by atoms with Crippen LogP contribution in [0.1, 0.15) is 0 Å². The van der Waals surface area contributed by atoms with Crippen LogP contribution in [0.15, 0.2) is 170 Å². The Labute approximate surface area is 308 Å². The molecule has 0 aliphatic carbocycles. The van der Waals surface area contributed by atoms with E-state index in [1.165, 1.54) is 53.7 Å². The van der Waals surface area contributed by atoms with Gasteiger partial charge in [0.1, 0.15) is 0 Å². The van der Waals surface area contributed by atoms with E-state index in [1.54, 1.807) is 11.3 Å². The highest BCUT2D eigenvalue weighted by molar-refractivity contribution is 7.26. The highest BCUT2D eigenvalue weighted by atomic mass is 32.1. The smallest absolute Gasteiger partial charge is 0.235 e. The van der Waals surface area contributed by atoms with Crippen LogP contribution in [0.3, 0.4) is 0 Å². The van der Waals surface area contributed by atoms with Crippen molar-refractivity contribution in [2.45, 2.75) is 0 Å². The van der Waals surface area contributed by atoms with Crippen molar-refractivity contribution in [1.82, 2.24) is 14.5 Å². The molecule has 0 bridgehead atoms. The molecule has 0 fully saturated rings. The van der Waals surface area contributed by atoms with Crippen LogP contribution < -0.4 is 4.90 Å². The zero-order valence-corrected chi connectivity index (χ0v) is 29.2. The van der Waals surface area contributed by atoms with Crippen molar-refractivity contribution in [3.8, 4) is 28.1 Å². The average molecular weight is 693 g/mol. The van der Waals surface area contributed by atoms with Gasteiger partial charge in [0.25, 0.3) is 0 Å². The van der Waals surface area contributed by atoms with Crippen molar-refractivity contribution in [2.75, 3.05) is 4.90 Å². The van der Waals surface area contributed by atoms with Crippen LogP contribution in [-0.4, -0.2) is 14.5 Å². The van der Waals surface area contributed by atoms with E-state index < -0.39 is 0 Å². The fraction of sp³-hybridized carbons (Fsp3) is 0. The van der Waals surface area contributed by atoms with E-state index >= 15 is 0 Å². The van der Waals surface area contributed by atoms with Crippen molar-refractivity contribution >= 4 is 92.3 Å². The van der Waals surface area contributed by atoms with Gasteiger partial charge in [0.05, 0.1) is 38.3 Å². The number of hydrogen-bond donors (Lipinski definition) is 0. The molecule has 0 saturated heterocycles. The summed E-state index contributed by atoms with van der Waals surface area (Å²) in [6.07, 6.45) is 0. The SMILES string of the molecule is c1ccc(-n2c3ccccc3c3ccc(-c4nc(N5c6ccc7ccccc7c6-c6cccc7cccc5c67)nc5c4sc4ccccc45)cc32)cc1. The van der Waals surface area contributed by atoms with Crippen LogP contribution in [-0.2, 0) is 0 Å². The summed E-state index contributed by atoms with van der Waals surface area (Å²) in [5.74, 6) is 0.665. The summed E-state index contributed by atoms with van der Waals surface area (Å²) in [7, 11) is 0. The molecule has 4 nitrogen and oxygen atoms in total. The molecule has 0 spiro atoms. The molecule has 8 aromatic carbocycles. The molecular formula is C48H28N4S. The number of rotatable bonds is 3. The third kappa shape index (κ3) is 4.05. The van der Waals surface area contributed by atoms with Crippen molar-refractivity contribution in [3.05, 3.63) is 170 Å². The van der Waals surface area contributed by atoms with E-state index in [0.717, 1.165) is 49.4 Å². The molecule has 12 rings (SSSR count). The van der Waals surface area contributed by atoms with Gasteiger partial charge < -0.3 is 4.57 Å². The second kappa shape index (κ2) is 10.8. The Morgan fingerprint density at radius 2 is 1.23 bits per heavy atom. The van der Waals surface area contributed by atoms with Gasteiger partial charge in [0.2, 0.25) is 5.95 Å². The number of para-hydroxylation sites is 2. The second-order valence-corrected chi connectivity index (χ2v) is 14.8. The maximum atomic E-state index is 5.61. The molecule has 0 amide bonds. The van der Waals surface area contributed by atoms with Crippen LogP contribution in [0, 0.1) is 0 Å². The van der Waals surface area contributed by atoms with Gasteiger partial charge >= 0.3 is 0 Å². The highest BCUT2D eigenvalue weighted by Crippen LogP contribution is 2.53. The Balaban J connectivity index is 1.19. The second-order valence-electron chi connectivity index (χ2n) is 13.8. The average Bonchev–Trinajstić information content (AvgIpc) is 3.76. The van der Waals surface area contributed by atoms with E-state index in [4.69, 9.17) is 9.97 Å². The van der Waals surface area contributed by atoms with Crippen LogP contribution in [0.5, 0.6) is 0 Å². The van der Waals surface area contributed by atoms with E-state index in [0.29, 0.717) is 5.95 Å². The normalized spacial score (nSPS) is 12.5. The predicted molar refractivity (Wildman–Crippen MR) is 223 cm³/mol. The minimum Gasteiger partial charge on any atom is -0.309 e. The number of aromatic nitrogens is 3. The van der Waals surface area contributed by atoms with Gasteiger partial charge in [-0.25, -0.2) is 9.97 Å². The van der Waals surface area contributed by atoms with Crippen LogP contribution >= 0.6 is 11.3 Å². The number of fused-ring (bicyclic) bond motifs is 10. The predicted octanol–water partition coefficient (Wildman–Crippen LogP) is 13.4. The van der Waals surface area contributed by atoms with Gasteiger partial charge in [-0.3, -0.25) is 4.90 Å². The number of benzene rings is 8. The zero-order chi connectivity index (χ0) is 34.6. The number of anilines is 3. The minimum atomic E-state index is 0.665. The molecule has 0 unspecified atom stereocenters. The first-order chi connectivity index (χ1) is 26.3. The van der Waals surface area contributed by atoms with E-state index in [-0.39, 0.29) is 0 Å². The third-order valence-electron chi connectivity index (χ3n) is 10.9. The van der Waals surface area contributed by atoms with Gasteiger partial charge in [-0.15, -0.1) is 11.3 Å². The van der Waals surface area contributed by atoms with Crippen molar-refractivity contribution in [1.29, 1.82) is 0 Å². The summed E-state index contributed by atoms with van der Waals surface area (Å²) in [6.45, 7) is 0. The number of thiophene rings is 1. The lowest BCUT2D eigenvalue weighted by Crippen LogP contribution is -2.18. The molecular weight excluding hydrogens is 665 g/mol. The van der Waals surface area contributed by atoms with Gasteiger partial charge in [-0.05, 0) is 64.2 Å². The molecule has 11 aromatic rings. The van der Waals surface area contributed by atoms with Crippen LogP contribution in [0.25, 0.3) is 91.7 Å². The maximum absolute atomic E-state index is 5.61. The fourth-order valence-electron chi connectivity index (χ4n) is 8.64. The third-order valence-corrected chi connectivity index (χ3v) is 12.1. The highest BCUT2D eigenvalue weighted by Gasteiger charge is 2.30. The number of hydrogen-bond acceptors (Lipinski definition) is 4. The quantitative estimate of drug-likeness (QED) is 0.185. The lowest BCUT2D eigenvalue weighted by Gasteiger charge is -2.33. The van der Waals surface area contributed by atoms with Crippen molar-refractivity contribution in [3.63, 3.8) is 0 Å². The van der Waals surface area contributed by atoms with Gasteiger partial charge in [-0.1, -0.05) is 127 Å². The summed E-state index contributed by atoms with van der Waals surface area (Å²) in [5, 5.41) is 8.45. The van der Waals surface area contributed by atoms with Gasteiger partial charge in [-0.2, -0.15) is 0 Å². The first-order valence-electron chi connectivity index (χ1n) is 17.9. The Bertz CT molecular complexity index is 3300. The van der Waals surface area contributed by atoms with Crippen LogP contribution in [0.4, 0.5) is 17.3 Å². The van der Waals surface area contributed by atoms with E-state index in [9.17, 15) is 0 Å². The Hall–Kier alpha value is -6.82.